The van der Waals surface area contributed by atoms with Crippen molar-refractivity contribution in [3.63, 3.8) is 0 Å². The van der Waals surface area contributed by atoms with Gasteiger partial charge in [-0.2, -0.15) is 0 Å². The molecule has 24 heavy (non-hydrogen) atoms. The van der Waals surface area contributed by atoms with Crippen LogP contribution in [0.5, 0.6) is 0 Å². The zero-order valence-corrected chi connectivity index (χ0v) is 13.6. The second-order valence-corrected chi connectivity index (χ2v) is 5.73. The maximum atomic E-state index is 10.6. The van der Waals surface area contributed by atoms with Crippen molar-refractivity contribution in [3.05, 3.63) is 30.1 Å². The Morgan fingerprint density at radius 2 is 2.12 bits per heavy atom. The van der Waals surface area contributed by atoms with E-state index < -0.39 is 6.09 Å². The number of benzene rings is 1. The van der Waals surface area contributed by atoms with Gasteiger partial charge in [0.25, 0.3) is 0 Å². The molecule has 0 spiro atoms. The average Bonchev–Trinajstić information content (AvgIpc) is 2.91. The molecule has 2 heterocycles. The number of nitrogens with two attached hydrogens (primary N) is 1. The number of aryl methyl sites for hydroxylation is 2. The molecule has 0 saturated heterocycles. The van der Waals surface area contributed by atoms with Crippen LogP contribution in [0.3, 0.4) is 0 Å². The average molecular weight is 327 g/mol. The highest BCUT2D eigenvalue weighted by molar-refractivity contribution is 6.06. The lowest BCUT2D eigenvalue weighted by Crippen LogP contribution is -2.23. The predicted octanol–water partition coefficient (Wildman–Crippen LogP) is 2.78. The third-order valence-electron chi connectivity index (χ3n) is 4.00. The van der Waals surface area contributed by atoms with Crippen molar-refractivity contribution in [2.75, 3.05) is 12.3 Å². The zero-order valence-electron chi connectivity index (χ0n) is 13.6. The first-order valence-electron chi connectivity index (χ1n) is 8.12. The maximum absolute atomic E-state index is 10.6. The van der Waals surface area contributed by atoms with Crippen LogP contribution in [0.1, 0.15) is 25.6 Å². The van der Waals surface area contributed by atoms with Crippen LogP contribution in [0.2, 0.25) is 0 Å². The number of amides is 1. The lowest BCUT2D eigenvalue weighted by molar-refractivity contribution is 0.194. The summed E-state index contributed by atoms with van der Waals surface area (Å²) in [6, 6.07) is 7.87. The normalized spacial score (nSPS) is 11.2. The number of nitrogen functional groups attached to an aromatic ring is 1. The van der Waals surface area contributed by atoms with Crippen molar-refractivity contribution in [1.29, 1.82) is 0 Å². The summed E-state index contributed by atoms with van der Waals surface area (Å²) < 4.78 is 2.16. The van der Waals surface area contributed by atoms with E-state index in [0.717, 1.165) is 40.6 Å². The minimum Gasteiger partial charge on any atom is -0.465 e. The van der Waals surface area contributed by atoms with Gasteiger partial charge in [-0.05, 0) is 18.9 Å². The molecule has 126 valence electrons. The van der Waals surface area contributed by atoms with E-state index in [-0.39, 0.29) is 0 Å². The molecule has 0 aliphatic rings. The Labute approximate surface area is 139 Å². The minimum absolute atomic E-state index is 0.402. The van der Waals surface area contributed by atoms with Crippen molar-refractivity contribution in [3.8, 4) is 0 Å². The Morgan fingerprint density at radius 3 is 2.88 bits per heavy atom. The first-order chi connectivity index (χ1) is 11.6. The summed E-state index contributed by atoms with van der Waals surface area (Å²) in [5.41, 5.74) is 8.67. The third-order valence-corrected chi connectivity index (χ3v) is 4.00. The van der Waals surface area contributed by atoms with Gasteiger partial charge in [0, 0.05) is 24.9 Å². The fraction of sp³-hybridized carbons (Fsp3) is 0.353. The van der Waals surface area contributed by atoms with E-state index in [4.69, 9.17) is 15.8 Å². The summed E-state index contributed by atoms with van der Waals surface area (Å²) in [5.74, 6) is 1.40. The molecule has 4 N–H and O–H groups in total. The molecule has 0 radical (unpaired) electrons. The number of hydrogen-bond donors (Lipinski definition) is 3. The summed E-state index contributed by atoms with van der Waals surface area (Å²) in [5, 5.41) is 12.1. The number of anilines is 1. The van der Waals surface area contributed by atoms with E-state index in [1.54, 1.807) is 0 Å². The lowest BCUT2D eigenvalue weighted by atomic mass is 10.2. The number of pyridine rings is 1. The molecule has 2 aromatic heterocycles. The number of fused-ring (bicyclic) bond motifs is 3. The smallest absolute Gasteiger partial charge is 0.404 e. The molecule has 0 aliphatic heterocycles. The third kappa shape index (κ3) is 2.97. The van der Waals surface area contributed by atoms with Gasteiger partial charge in [-0.3, -0.25) is 0 Å². The van der Waals surface area contributed by atoms with Crippen LogP contribution in [0, 0.1) is 0 Å². The summed E-state index contributed by atoms with van der Waals surface area (Å²) in [6.45, 7) is 3.19. The summed E-state index contributed by atoms with van der Waals surface area (Å²) >= 11 is 0. The Bertz CT molecular complexity index is 887. The first kappa shape index (κ1) is 16.0. The van der Waals surface area contributed by atoms with Gasteiger partial charge in [-0.15, -0.1) is 0 Å². The van der Waals surface area contributed by atoms with E-state index in [9.17, 15) is 4.79 Å². The Balaban J connectivity index is 2.09. The number of rotatable bonds is 6. The number of imidazole rings is 1. The number of carboxylic acid groups (broad SMARTS) is 1. The number of aromatic nitrogens is 3. The molecule has 7 nitrogen and oxygen atoms in total. The monoisotopic (exact) mass is 327 g/mol. The molecule has 0 fully saturated rings. The SMILES string of the molecule is CCCc1nc2c(N)nc3ccccc3c2n1CCCNC(=O)O. The van der Waals surface area contributed by atoms with Crippen LogP contribution in [-0.2, 0) is 13.0 Å². The summed E-state index contributed by atoms with van der Waals surface area (Å²) in [7, 11) is 0. The topological polar surface area (TPSA) is 106 Å². The van der Waals surface area contributed by atoms with E-state index in [1.165, 1.54) is 0 Å². The number of hydrogen-bond acceptors (Lipinski definition) is 4. The molecular weight excluding hydrogens is 306 g/mol. The second kappa shape index (κ2) is 6.74. The van der Waals surface area contributed by atoms with Gasteiger partial charge >= 0.3 is 6.09 Å². The Hall–Kier alpha value is -2.83. The van der Waals surface area contributed by atoms with Crippen LogP contribution in [0.25, 0.3) is 21.9 Å². The van der Waals surface area contributed by atoms with Gasteiger partial charge < -0.3 is 20.7 Å². The molecule has 3 rings (SSSR count). The van der Waals surface area contributed by atoms with E-state index >= 15 is 0 Å². The lowest BCUT2D eigenvalue weighted by Gasteiger charge is -2.10. The molecule has 0 atom stereocenters. The molecule has 0 aliphatic carbocycles. The quantitative estimate of drug-likeness (QED) is 0.604. The molecular formula is C17H21N5O2. The number of para-hydroxylation sites is 1. The highest BCUT2D eigenvalue weighted by Crippen LogP contribution is 2.29. The largest absolute Gasteiger partial charge is 0.465 e. The molecule has 0 saturated carbocycles. The van der Waals surface area contributed by atoms with Gasteiger partial charge in [0.1, 0.15) is 11.3 Å². The molecule has 0 unspecified atom stereocenters. The van der Waals surface area contributed by atoms with E-state index in [2.05, 4.69) is 21.8 Å². The number of nitrogens with zero attached hydrogens (tertiary/aromatic N) is 3. The van der Waals surface area contributed by atoms with E-state index in [1.807, 2.05) is 24.3 Å². The molecule has 1 aromatic carbocycles. The Kier molecular flexibility index (Phi) is 4.50. The van der Waals surface area contributed by atoms with Crippen molar-refractivity contribution in [2.45, 2.75) is 32.7 Å². The maximum Gasteiger partial charge on any atom is 0.404 e. The number of nitrogens with one attached hydrogen (secondary N) is 1. The molecule has 0 bridgehead atoms. The van der Waals surface area contributed by atoms with Crippen molar-refractivity contribution >= 4 is 33.8 Å². The van der Waals surface area contributed by atoms with Gasteiger partial charge in [0.15, 0.2) is 5.82 Å². The highest BCUT2D eigenvalue weighted by atomic mass is 16.4. The highest BCUT2D eigenvalue weighted by Gasteiger charge is 2.16. The molecule has 7 heteroatoms. The van der Waals surface area contributed by atoms with Gasteiger partial charge in [0.2, 0.25) is 0 Å². The van der Waals surface area contributed by atoms with Crippen LogP contribution in [0.15, 0.2) is 24.3 Å². The fourth-order valence-electron chi connectivity index (χ4n) is 2.99. The molecule has 3 aromatic rings. The molecule has 1 amide bonds. The van der Waals surface area contributed by atoms with Crippen LogP contribution in [0.4, 0.5) is 10.6 Å². The van der Waals surface area contributed by atoms with Crippen LogP contribution < -0.4 is 11.1 Å². The standard InChI is InChI=1S/C17H21N5O2/c1-2-6-13-21-14-15(22(13)10-5-9-19-17(23)24)11-7-3-4-8-12(11)20-16(14)18/h3-4,7-8,19H,2,5-6,9-10H2,1H3,(H2,18,20)(H,23,24). The van der Waals surface area contributed by atoms with Crippen LogP contribution in [-0.4, -0.2) is 32.3 Å². The second-order valence-electron chi connectivity index (χ2n) is 5.73. The van der Waals surface area contributed by atoms with Crippen LogP contribution >= 0.6 is 0 Å². The zero-order chi connectivity index (χ0) is 17.1. The fourth-order valence-corrected chi connectivity index (χ4v) is 2.99. The summed E-state index contributed by atoms with van der Waals surface area (Å²) in [4.78, 5) is 19.8. The van der Waals surface area contributed by atoms with Gasteiger partial charge in [0.05, 0.1) is 11.0 Å². The first-order valence-corrected chi connectivity index (χ1v) is 8.12. The number of carbonyl (C=O) groups is 1. The van der Waals surface area contributed by atoms with Crippen molar-refractivity contribution in [1.82, 2.24) is 19.9 Å². The summed E-state index contributed by atoms with van der Waals surface area (Å²) in [6.07, 6.45) is 1.50. The Morgan fingerprint density at radius 1 is 1.33 bits per heavy atom. The van der Waals surface area contributed by atoms with E-state index in [0.29, 0.717) is 25.3 Å². The van der Waals surface area contributed by atoms with Gasteiger partial charge in [-0.1, -0.05) is 25.1 Å². The van der Waals surface area contributed by atoms with Crippen molar-refractivity contribution < 1.29 is 9.90 Å². The minimum atomic E-state index is -1.00. The van der Waals surface area contributed by atoms with Gasteiger partial charge in [-0.25, -0.2) is 14.8 Å². The predicted molar refractivity (Wildman–Crippen MR) is 94.1 cm³/mol. The van der Waals surface area contributed by atoms with Crippen molar-refractivity contribution in [2.24, 2.45) is 0 Å².